The normalized spacial score (nSPS) is 13.5. The van der Waals surface area contributed by atoms with Crippen LogP contribution < -0.4 is 0 Å². The van der Waals surface area contributed by atoms with E-state index in [2.05, 4.69) is 73.7 Å². The summed E-state index contributed by atoms with van der Waals surface area (Å²) in [5.74, 6) is 0. The van der Waals surface area contributed by atoms with Crippen LogP contribution in [0.25, 0.3) is 33.0 Å². The van der Waals surface area contributed by atoms with Crippen molar-refractivity contribution in [2.45, 2.75) is 19.8 Å². The number of rotatable bonds is 0. The van der Waals surface area contributed by atoms with Gasteiger partial charge >= 0.3 is 0 Å². The second-order valence-corrected chi connectivity index (χ2v) is 7.49. The van der Waals surface area contributed by atoms with E-state index in [9.17, 15) is 0 Å². The lowest BCUT2D eigenvalue weighted by Crippen LogP contribution is -1.85. The third-order valence-corrected chi connectivity index (χ3v) is 5.96. The van der Waals surface area contributed by atoms with Crippen molar-refractivity contribution in [3.8, 4) is 22.3 Å². The topological polar surface area (TPSA) is 0 Å². The van der Waals surface area contributed by atoms with Crippen LogP contribution in [0.1, 0.15) is 27.8 Å². The summed E-state index contributed by atoms with van der Waals surface area (Å²) in [7, 11) is 0. The molecule has 118 valence electrons. The molecule has 0 nitrogen and oxygen atoms in total. The second-order valence-electron chi connectivity index (χ2n) is 7.49. The van der Waals surface area contributed by atoms with Crippen molar-refractivity contribution < 1.29 is 0 Å². The zero-order valence-electron chi connectivity index (χ0n) is 14.3. The fourth-order valence-corrected chi connectivity index (χ4v) is 4.79. The molecular formula is C25H18. The van der Waals surface area contributed by atoms with E-state index in [1.807, 2.05) is 0 Å². The van der Waals surface area contributed by atoms with E-state index in [0.29, 0.717) is 0 Å². The smallest absolute Gasteiger partial charge is 0.000706 e. The van der Waals surface area contributed by atoms with Gasteiger partial charge in [0.05, 0.1) is 0 Å². The summed E-state index contributed by atoms with van der Waals surface area (Å²) in [6.07, 6.45) is 2.13. The highest BCUT2D eigenvalue weighted by molar-refractivity contribution is 5.96. The van der Waals surface area contributed by atoms with Crippen LogP contribution in [0.4, 0.5) is 0 Å². The van der Waals surface area contributed by atoms with Crippen LogP contribution in [0, 0.1) is 6.92 Å². The fourth-order valence-electron chi connectivity index (χ4n) is 4.79. The maximum absolute atomic E-state index is 2.46. The van der Waals surface area contributed by atoms with Gasteiger partial charge in [0, 0.05) is 0 Å². The molecule has 0 unspecified atom stereocenters. The van der Waals surface area contributed by atoms with Gasteiger partial charge in [0.15, 0.2) is 0 Å². The van der Waals surface area contributed by atoms with Gasteiger partial charge in [-0.15, -0.1) is 0 Å². The number of hydrogen-bond donors (Lipinski definition) is 0. The summed E-state index contributed by atoms with van der Waals surface area (Å²) in [5, 5.41) is 2.76. The Hall–Kier alpha value is -2.86. The van der Waals surface area contributed by atoms with E-state index >= 15 is 0 Å². The predicted octanol–water partition coefficient (Wildman–Crippen LogP) is 6.29. The Morgan fingerprint density at radius 3 is 2.24 bits per heavy atom. The highest BCUT2D eigenvalue weighted by atomic mass is 14.3. The summed E-state index contributed by atoms with van der Waals surface area (Å²) < 4.78 is 0. The predicted molar refractivity (Wildman–Crippen MR) is 105 cm³/mol. The summed E-state index contributed by atoms with van der Waals surface area (Å²) >= 11 is 0. The Kier molecular flexibility index (Phi) is 2.48. The van der Waals surface area contributed by atoms with Crippen LogP contribution in [0.5, 0.6) is 0 Å². The number of fused-ring (bicyclic) bond motifs is 8. The molecule has 4 aromatic rings. The van der Waals surface area contributed by atoms with Gasteiger partial charge in [0.25, 0.3) is 0 Å². The standard InChI is InChI=1S/C25H18/c1-15-6-8-21-17(10-15)11-18-12-24-19(13-23(18)21)14-25-20-5-3-2-4-16(20)7-9-22(24)25/h2-10,12-13H,11,14H2,1H3. The van der Waals surface area contributed by atoms with E-state index in [-0.39, 0.29) is 0 Å². The molecule has 0 bridgehead atoms. The molecule has 0 saturated carbocycles. The van der Waals surface area contributed by atoms with Crippen molar-refractivity contribution in [2.24, 2.45) is 0 Å². The molecule has 0 radical (unpaired) electrons. The molecule has 25 heavy (non-hydrogen) atoms. The van der Waals surface area contributed by atoms with Crippen molar-refractivity contribution in [1.29, 1.82) is 0 Å². The zero-order chi connectivity index (χ0) is 16.5. The van der Waals surface area contributed by atoms with Gasteiger partial charge in [-0.3, -0.25) is 0 Å². The summed E-state index contributed by atoms with van der Waals surface area (Å²) in [5.41, 5.74) is 13.1. The van der Waals surface area contributed by atoms with Gasteiger partial charge < -0.3 is 0 Å². The summed E-state index contributed by atoms with van der Waals surface area (Å²) in [4.78, 5) is 0. The van der Waals surface area contributed by atoms with Crippen molar-refractivity contribution >= 4 is 10.8 Å². The van der Waals surface area contributed by atoms with Crippen molar-refractivity contribution in [1.82, 2.24) is 0 Å². The van der Waals surface area contributed by atoms with Crippen LogP contribution in [0.15, 0.2) is 66.7 Å². The van der Waals surface area contributed by atoms with Gasteiger partial charge in [-0.1, -0.05) is 60.2 Å². The minimum atomic E-state index is 1.06. The Morgan fingerprint density at radius 1 is 0.600 bits per heavy atom. The summed E-state index contributed by atoms with van der Waals surface area (Å²) in [6, 6.07) is 25.2. The largest absolute Gasteiger partial charge is 0.0616 e. The minimum absolute atomic E-state index is 1.06. The lowest BCUT2D eigenvalue weighted by molar-refractivity contribution is 1.24. The molecule has 0 amide bonds. The van der Waals surface area contributed by atoms with Crippen LogP contribution in [-0.4, -0.2) is 0 Å². The molecule has 0 N–H and O–H groups in total. The van der Waals surface area contributed by atoms with Gasteiger partial charge in [-0.25, -0.2) is 0 Å². The first-order valence-corrected chi connectivity index (χ1v) is 9.04. The molecule has 6 rings (SSSR count). The highest BCUT2D eigenvalue weighted by Crippen LogP contribution is 2.46. The molecule has 2 aliphatic rings. The molecule has 0 fully saturated rings. The van der Waals surface area contributed by atoms with E-state index in [4.69, 9.17) is 0 Å². The van der Waals surface area contributed by atoms with Crippen LogP contribution in [0.2, 0.25) is 0 Å². The van der Waals surface area contributed by atoms with E-state index in [1.54, 1.807) is 0 Å². The molecule has 0 heterocycles. The van der Waals surface area contributed by atoms with E-state index < -0.39 is 0 Å². The van der Waals surface area contributed by atoms with Crippen molar-refractivity contribution in [3.05, 3.63) is 94.5 Å². The first-order chi connectivity index (χ1) is 12.3. The maximum Gasteiger partial charge on any atom is -0.000706 e. The first-order valence-electron chi connectivity index (χ1n) is 9.04. The molecule has 0 aliphatic heterocycles. The van der Waals surface area contributed by atoms with E-state index in [1.165, 1.54) is 60.8 Å². The van der Waals surface area contributed by atoms with Gasteiger partial charge in [-0.2, -0.15) is 0 Å². The average Bonchev–Trinajstić information content (AvgIpc) is 3.16. The maximum atomic E-state index is 2.46. The Bertz CT molecular complexity index is 1190. The molecule has 0 heteroatoms. The second kappa shape index (κ2) is 4.61. The molecule has 0 spiro atoms. The molecule has 0 aromatic heterocycles. The van der Waals surface area contributed by atoms with Gasteiger partial charge in [0.2, 0.25) is 0 Å². The zero-order valence-corrected chi connectivity index (χ0v) is 14.3. The third-order valence-electron chi connectivity index (χ3n) is 5.96. The van der Waals surface area contributed by atoms with Crippen LogP contribution >= 0.6 is 0 Å². The SMILES string of the molecule is Cc1ccc2c(c1)Cc1cc3c(cc1-2)Cc1c-3ccc2ccccc12. The lowest BCUT2D eigenvalue weighted by atomic mass is 9.97. The quantitative estimate of drug-likeness (QED) is 0.309. The Labute approximate surface area is 147 Å². The van der Waals surface area contributed by atoms with Gasteiger partial charge in [-0.05, 0) is 87.2 Å². The molecule has 0 saturated heterocycles. The fraction of sp³-hybridized carbons (Fsp3) is 0.120. The van der Waals surface area contributed by atoms with Crippen molar-refractivity contribution in [3.63, 3.8) is 0 Å². The molecule has 2 aliphatic carbocycles. The van der Waals surface area contributed by atoms with Crippen LogP contribution in [-0.2, 0) is 12.8 Å². The number of hydrogen-bond acceptors (Lipinski definition) is 0. The average molecular weight is 318 g/mol. The molecule has 0 atom stereocenters. The van der Waals surface area contributed by atoms with Crippen LogP contribution in [0.3, 0.4) is 0 Å². The molecular weight excluding hydrogens is 300 g/mol. The Balaban J connectivity index is 1.57. The van der Waals surface area contributed by atoms with E-state index in [0.717, 1.165) is 12.8 Å². The van der Waals surface area contributed by atoms with Crippen molar-refractivity contribution in [2.75, 3.05) is 0 Å². The van der Waals surface area contributed by atoms with Gasteiger partial charge in [0.1, 0.15) is 0 Å². The lowest BCUT2D eigenvalue weighted by Gasteiger charge is -2.07. The Morgan fingerprint density at radius 2 is 1.32 bits per heavy atom. The third kappa shape index (κ3) is 1.77. The summed E-state index contributed by atoms with van der Waals surface area (Å²) in [6.45, 7) is 2.19. The highest BCUT2D eigenvalue weighted by Gasteiger charge is 2.26. The molecule has 4 aromatic carbocycles. The monoisotopic (exact) mass is 318 g/mol. The first kappa shape index (κ1) is 13.4. The number of benzene rings is 4. The number of aryl methyl sites for hydroxylation is 1. The minimum Gasteiger partial charge on any atom is -0.0616 e.